The molecule has 0 aliphatic heterocycles. The van der Waals surface area contributed by atoms with Gasteiger partial charge in [0.05, 0.1) is 6.61 Å². The van der Waals surface area contributed by atoms with Gasteiger partial charge in [0.1, 0.15) is 6.04 Å². The summed E-state index contributed by atoms with van der Waals surface area (Å²) < 4.78 is 4.90. The van der Waals surface area contributed by atoms with Crippen LogP contribution in [0.5, 0.6) is 0 Å². The van der Waals surface area contributed by atoms with Crippen molar-refractivity contribution in [1.29, 1.82) is 0 Å². The van der Waals surface area contributed by atoms with E-state index in [4.69, 9.17) is 51.1 Å². The van der Waals surface area contributed by atoms with E-state index in [1.807, 2.05) is 0 Å². The molecule has 9 heteroatoms. The number of hydrogen-bond acceptors (Lipinski definition) is 3. The van der Waals surface area contributed by atoms with E-state index in [0.29, 0.717) is 13.1 Å². The zero-order chi connectivity index (χ0) is 14.8. The van der Waals surface area contributed by atoms with E-state index in [1.165, 1.54) is 12.0 Å². The lowest BCUT2D eigenvalue weighted by Crippen LogP contribution is -2.52. The Balaban J connectivity index is 4.73. The Morgan fingerprint density at radius 1 is 1.21 bits per heavy atom. The minimum absolute atomic E-state index is 0.00609. The summed E-state index contributed by atoms with van der Waals surface area (Å²) in [6.07, 6.45) is 0. The van der Waals surface area contributed by atoms with Crippen molar-refractivity contribution in [3.05, 3.63) is 0 Å². The Hall–Kier alpha value is 0.0600. The van der Waals surface area contributed by atoms with Gasteiger partial charge in [0.15, 0.2) is 4.84 Å². The number of ether oxygens (including phenoxy) is 1. The molecule has 0 aromatic heterocycles. The maximum absolute atomic E-state index is 12.2. The van der Waals surface area contributed by atoms with E-state index >= 15 is 0 Å². The first-order chi connectivity index (χ1) is 8.97. The van der Waals surface area contributed by atoms with E-state index in [9.17, 15) is 9.59 Å². The smallest absolute Gasteiger partial charge is 0.254 e. The highest BCUT2D eigenvalue weighted by atomic mass is 35.5. The number of rotatable bonds is 9. The third kappa shape index (κ3) is 7.42. The molecule has 5 nitrogen and oxygen atoms in total. The number of carbonyl (C=O) groups is 2. The van der Waals surface area contributed by atoms with Gasteiger partial charge in [-0.05, 0) is 0 Å². The molecule has 0 rings (SSSR count). The molecular weight excluding hydrogens is 338 g/mol. The van der Waals surface area contributed by atoms with Gasteiger partial charge in [-0.25, -0.2) is 0 Å². The molecule has 1 N–H and O–H groups in total. The number of alkyl halides is 4. The molecule has 0 aromatic carbocycles. The van der Waals surface area contributed by atoms with Crippen LogP contribution in [0.1, 0.15) is 0 Å². The van der Waals surface area contributed by atoms with Gasteiger partial charge >= 0.3 is 0 Å². The highest BCUT2D eigenvalue weighted by molar-refractivity contribution is 6.53. The largest absolute Gasteiger partial charge is 0.382 e. The predicted molar refractivity (Wildman–Crippen MR) is 77.3 cm³/mol. The predicted octanol–water partition coefficient (Wildman–Crippen LogP) is 1.23. The Morgan fingerprint density at radius 2 is 1.74 bits per heavy atom. The standard InChI is InChI=1S/C10H16Cl4N2O3/c1-19-6-7(15-9(17)8(13)14)10(18)16(4-2-11)5-3-12/h7-8H,2-6H2,1H3,(H,15,17). The van der Waals surface area contributed by atoms with Gasteiger partial charge in [0.2, 0.25) is 5.91 Å². The molecule has 0 fully saturated rings. The first-order valence-electron chi connectivity index (χ1n) is 5.46. The summed E-state index contributed by atoms with van der Waals surface area (Å²) in [5, 5.41) is 2.41. The maximum Gasteiger partial charge on any atom is 0.254 e. The van der Waals surface area contributed by atoms with Gasteiger partial charge in [-0.3, -0.25) is 9.59 Å². The van der Waals surface area contributed by atoms with Crippen molar-refractivity contribution in [1.82, 2.24) is 10.2 Å². The number of nitrogens with zero attached hydrogens (tertiary/aromatic N) is 1. The van der Waals surface area contributed by atoms with E-state index < -0.39 is 16.8 Å². The average Bonchev–Trinajstić information content (AvgIpc) is 2.37. The second-order valence-electron chi connectivity index (χ2n) is 3.52. The number of nitrogens with one attached hydrogen (secondary N) is 1. The van der Waals surface area contributed by atoms with Gasteiger partial charge in [-0.2, -0.15) is 0 Å². The number of halogens is 4. The second-order valence-corrected chi connectivity index (χ2v) is 5.37. The summed E-state index contributed by atoms with van der Waals surface area (Å²) in [6, 6.07) is -0.871. The van der Waals surface area contributed by atoms with Crippen molar-refractivity contribution in [2.75, 3.05) is 38.6 Å². The molecule has 1 atom stereocenters. The molecule has 0 aromatic rings. The molecule has 2 amide bonds. The monoisotopic (exact) mass is 352 g/mol. The third-order valence-electron chi connectivity index (χ3n) is 2.17. The molecule has 0 radical (unpaired) electrons. The van der Waals surface area contributed by atoms with Crippen molar-refractivity contribution in [2.45, 2.75) is 10.9 Å². The summed E-state index contributed by atoms with van der Waals surface area (Å²) in [7, 11) is 1.42. The van der Waals surface area contributed by atoms with Gasteiger partial charge in [0.25, 0.3) is 5.91 Å². The number of methoxy groups -OCH3 is 1. The Bertz CT molecular complexity index is 286. The lowest BCUT2D eigenvalue weighted by Gasteiger charge is -2.26. The lowest BCUT2D eigenvalue weighted by molar-refractivity contribution is -0.137. The minimum Gasteiger partial charge on any atom is -0.382 e. The van der Waals surface area contributed by atoms with Gasteiger partial charge in [-0.15, -0.1) is 23.2 Å². The van der Waals surface area contributed by atoms with Crippen LogP contribution in [0.25, 0.3) is 0 Å². The minimum atomic E-state index is -1.25. The fourth-order valence-electron chi connectivity index (χ4n) is 1.33. The normalized spacial score (nSPS) is 12.3. The van der Waals surface area contributed by atoms with Gasteiger partial charge < -0.3 is 15.0 Å². The fraction of sp³-hybridized carbons (Fsp3) is 0.800. The Morgan fingerprint density at radius 3 is 2.11 bits per heavy atom. The van der Waals surface area contributed by atoms with Crippen molar-refractivity contribution < 1.29 is 14.3 Å². The fourth-order valence-corrected chi connectivity index (χ4v) is 1.87. The van der Waals surface area contributed by atoms with E-state index in [2.05, 4.69) is 5.32 Å². The highest BCUT2D eigenvalue weighted by Crippen LogP contribution is 2.04. The molecule has 0 spiro atoms. The summed E-state index contributed by atoms with van der Waals surface area (Å²) in [4.78, 5) is 23.8. The van der Waals surface area contributed by atoms with Crippen LogP contribution in [0.2, 0.25) is 0 Å². The second kappa shape index (κ2) is 10.8. The number of amides is 2. The van der Waals surface area contributed by atoms with Crippen molar-refractivity contribution in [2.24, 2.45) is 0 Å². The van der Waals surface area contributed by atoms with Crippen LogP contribution in [0.3, 0.4) is 0 Å². The molecule has 0 bridgehead atoms. The van der Waals surface area contributed by atoms with E-state index in [-0.39, 0.29) is 24.3 Å². The Labute approximate surface area is 132 Å². The molecule has 0 aliphatic rings. The number of hydrogen-bond donors (Lipinski definition) is 1. The van der Waals surface area contributed by atoms with Crippen LogP contribution < -0.4 is 5.32 Å². The van der Waals surface area contributed by atoms with Gasteiger partial charge in [-0.1, -0.05) is 23.2 Å². The molecular formula is C10H16Cl4N2O3. The first kappa shape index (κ1) is 19.1. The summed E-state index contributed by atoms with van der Waals surface area (Å²) in [6.45, 7) is 0.662. The third-order valence-corrected chi connectivity index (χ3v) is 2.90. The summed E-state index contributed by atoms with van der Waals surface area (Å²) in [5.74, 6) is -0.464. The van der Waals surface area contributed by atoms with Crippen molar-refractivity contribution in [3.63, 3.8) is 0 Å². The molecule has 1 unspecified atom stereocenters. The van der Waals surface area contributed by atoms with Gasteiger partial charge in [0, 0.05) is 32.0 Å². The van der Waals surface area contributed by atoms with Crippen molar-refractivity contribution >= 4 is 58.2 Å². The molecule has 19 heavy (non-hydrogen) atoms. The number of carbonyl (C=O) groups excluding carboxylic acids is 2. The van der Waals surface area contributed by atoms with Crippen LogP contribution in [0.4, 0.5) is 0 Å². The zero-order valence-corrected chi connectivity index (χ0v) is 13.4. The average molecular weight is 354 g/mol. The van der Waals surface area contributed by atoms with Crippen molar-refractivity contribution in [3.8, 4) is 0 Å². The molecule has 0 saturated carbocycles. The van der Waals surface area contributed by atoms with Crippen LogP contribution in [-0.4, -0.2) is 66.2 Å². The molecule has 0 heterocycles. The van der Waals surface area contributed by atoms with E-state index in [0.717, 1.165) is 0 Å². The van der Waals surface area contributed by atoms with Crippen LogP contribution in [-0.2, 0) is 14.3 Å². The van der Waals surface area contributed by atoms with Crippen LogP contribution in [0.15, 0.2) is 0 Å². The first-order valence-corrected chi connectivity index (χ1v) is 7.40. The zero-order valence-electron chi connectivity index (χ0n) is 10.4. The van der Waals surface area contributed by atoms with Crippen LogP contribution >= 0.6 is 46.4 Å². The topological polar surface area (TPSA) is 58.6 Å². The summed E-state index contributed by atoms with van der Waals surface area (Å²) >= 11 is 22.1. The molecule has 0 aliphatic carbocycles. The molecule has 112 valence electrons. The van der Waals surface area contributed by atoms with Crippen LogP contribution in [0, 0.1) is 0 Å². The molecule has 0 saturated heterocycles. The SMILES string of the molecule is COCC(NC(=O)C(Cl)Cl)C(=O)N(CCCl)CCCl. The van der Waals surface area contributed by atoms with E-state index in [1.54, 1.807) is 0 Å². The Kier molecular flexibility index (Phi) is 10.8. The lowest BCUT2D eigenvalue weighted by atomic mass is 10.2. The quantitative estimate of drug-likeness (QED) is 0.634. The summed E-state index contributed by atoms with van der Waals surface area (Å²) in [5.41, 5.74) is 0. The maximum atomic E-state index is 12.2. The highest BCUT2D eigenvalue weighted by Gasteiger charge is 2.27.